The summed E-state index contributed by atoms with van der Waals surface area (Å²) in [7, 11) is 0. The minimum Gasteiger partial charge on any atom is -0.451 e. The van der Waals surface area contributed by atoms with Gasteiger partial charge in [0.05, 0.1) is 11.4 Å². The van der Waals surface area contributed by atoms with Gasteiger partial charge in [-0.3, -0.25) is 10.1 Å². The van der Waals surface area contributed by atoms with Crippen LogP contribution in [-0.4, -0.2) is 28.6 Å². The zero-order valence-electron chi connectivity index (χ0n) is 13.9. The van der Waals surface area contributed by atoms with Gasteiger partial charge in [0.15, 0.2) is 6.61 Å². The van der Waals surface area contributed by atoms with E-state index in [1.165, 1.54) is 12.1 Å². The van der Waals surface area contributed by atoms with Crippen molar-refractivity contribution in [3.05, 3.63) is 52.4 Å². The molecule has 0 saturated carbocycles. The summed E-state index contributed by atoms with van der Waals surface area (Å²) in [5, 5.41) is 6.63. The molecular formula is C17H14FN3O4S. The monoisotopic (exact) mass is 375 g/mol. The van der Waals surface area contributed by atoms with Crippen LogP contribution in [0.15, 0.2) is 34.9 Å². The molecule has 1 aromatic carbocycles. The average molecular weight is 375 g/mol. The molecule has 0 aliphatic rings. The van der Waals surface area contributed by atoms with Crippen molar-refractivity contribution in [2.45, 2.75) is 13.8 Å². The molecule has 0 bridgehead atoms. The summed E-state index contributed by atoms with van der Waals surface area (Å²) in [5.41, 5.74) is 1.79. The van der Waals surface area contributed by atoms with Crippen LogP contribution in [0, 0.1) is 19.7 Å². The van der Waals surface area contributed by atoms with E-state index in [4.69, 9.17) is 9.26 Å². The van der Waals surface area contributed by atoms with Gasteiger partial charge in [-0.1, -0.05) is 5.16 Å². The lowest BCUT2D eigenvalue weighted by atomic mass is 10.2. The summed E-state index contributed by atoms with van der Waals surface area (Å²) >= 11 is 1.12. The van der Waals surface area contributed by atoms with Crippen molar-refractivity contribution in [2.24, 2.45) is 0 Å². The first-order valence-electron chi connectivity index (χ1n) is 7.56. The van der Waals surface area contributed by atoms with Crippen molar-refractivity contribution >= 4 is 29.1 Å². The number of hydrogen-bond acceptors (Lipinski definition) is 7. The Morgan fingerprint density at radius 3 is 2.65 bits per heavy atom. The minimum atomic E-state index is -0.655. The van der Waals surface area contributed by atoms with Crippen molar-refractivity contribution in [3.63, 3.8) is 0 Å². The van der Waals surface area contributed by atoms with Gasteiger partial charge in [-0.05, 0) is 38.1 Å². The number of nitrogens with zero attached hydrogens (tertiary/aromatic N) is 2. The number of aromatic nitrogens is 2. The van der Waals surface area contributed by atoms with Gasteiger partial charge in [0.1, 0.15) is 15.7 Å². The van der Waals surface area contributed by atoms with Crippen LogP contribution in [0.2, 0.25) is 0 Å². The fourth-order valence-corrected chi connectivity index (χ4v) is 3.06. The molecule has 3 rings (SSSR count). The molecule has 7 nitrogen and oxygen atoms in total. The van der Waals surface area contributed by atoms with Crippen molar-refractivity contribution in [3.8, 4) is 10.6 Å². The second-order valence-corrected chi connectivity index (χ2v) is 6.40. The van der Waals surface area contributed by atoms with Gasteiger partial charge in [0.2, 0.25) is 5.88 Å². The third-order valence-corrected chi connectivity index (χ3v) is 4.48. The number of aryl methyl sites for hydroxylation is 2. The molecule has 1 amide bonds. The number of amides is 1. The third-order valence-electron chi connectivity index (χ3n) is 3.30. The van der Waals surface area contributed by atoms with E-state index >= 15 is 0 Å². The zero-order valence-corrected chi connectivity index (χ0v) is 14.7. The van der Waals surface area contributed by atoms with Crippen molar-refractivity contribution in [1.29, 1.82) is 0 Å². The molecule has 26 heavy (non-hydrogen) atoms. The Kier molecular flexibility index (Phi) is 5.08. The molecule has 9 heteroatoms. The second-order valence-electron chi connectivity index (χ2n) is 5.40. The fraction of sp³-hybridized carbons (Fsp3) is 0.176. The predicted molar refractivity (Wildman–Crippen MR) is 92.4 cm³/mol. The van der Waals surface area contributed by atoms with Crippen LogP contribution in [0.3, 0.4) is 0 Å². The van der Waals surface area contributed by atoms with Gasteiger partial charge < -0.3 is 9.26 Å². The summed E-state index contributed by atoms with van der Waals surface area (Å²) in [6.07, 6.45) is 0. The highest BCUT2D eigenvalue weighted by atomic mass is 32.1. The van der Waals surface area contributed by atoms with Crippen LogP contribution in [0.25, 0.3) is 10.6 Å². The van der Waals surface area contributed by atoms with Crippen LogP contribution in [0.5, 0.6) is 0 Å². The number of thiazole rings is 1. The molecule has 0 radical (unpaired) electrons. The highest BCUT2D eigenvalue weighted by Gasteiger charge is 2.19. The number of anilines is 1. The van der Waals surface area contributed by atoms with Crippen LogP contribution in [-0.2, 0) is 9.53 Å². The summed E-state index contributed by atoms with van der Waals surface area (Å²) in [5.74, 6) is -1.38. The largest absolute Gasteiger partial charge is 0.451 e. The first kappa shape index (κ1) is 17.7. The van der Waals surface area contributed by atoms with Crippen molar-refractivity contribution in [2.75, 3.05) is 11.9 Å². The number of ether oxygens (including phenoxy) is 1. The highest BCUT2D eigenvalue weighted by Crippen LogP contribution is 2.28. The maximum absolute atomic E-state index is 13.0. The van der Waals surface area contributed by atoms with Crippen LogP contribution in [0.4, 0.5) is 10.3 Å². The molecule has 134 valence electrons. The van der Waals surface area contributed by atoms with Crippen LogP contribution < -0.4 is 5.32 Å². The molecule has 0 atom stereocenters. The van der Waals surface area contributed by atoms with Gasteiger partial charge in [0, 0.05) is 11.6 Å². The zero-order chi connectivity index (χ0) is 18.7. The smallest absolute Gasteiger partial charge is 0.350 e. The topological polar surface area (TPSA) is 94.3 Å². The maximum Gasteiger partial charge on any atom is 0.350 e. The number of rotatable bonds is 5. The first-order valence-corrected chi connectivity index (χ1v) is 8.37. The molecule has 0 spiro atoms. The Morgan fingerprint density at radius 2 is 2.00 bits per heavy atom. The number of carbonyl (C=O) groups is 2. The number of nitrogens with one attached hydrogen (secondary N) is 1. The average Bonchev–Trinajstić information content (AvgIpc) is 3.19. The molecule has 2 heterocycles. The van der Waals surface area contributed by atoms with E-state index < -0.39 is 18.5 Å². The SMILES string of the molecule is Cc1cc(NC(=O)COC(=O)c2sc(-c3ccc(F)cc3)nc2C)on1. The quantitative estimate of drug-likeness (QED) is 0.687. The summed E-state index contributed by atoms with van der Waals surface area (Å²) in [6.45, 7) is 2.91. The van der Waals surface area contributed by atoms with E-state index in [1.54, 1.807) is 32.0 Å². The Labute approximate surface area is 151 Å². The van der Waals surface area contributed by atoms with Crippen molar-refractivity contribution < 1.29 is 23.2 Å². The second kappa shape index (κ2) is 7.44. The molecular weight excluding hydrogens is 361 g/mol. The van der Waals surface area contributed by atoms with Gasteiger partial charge >= 0.3 is 5.97 Å². The first-order chi connectivity index (χ1) is 12.4. The molecule has 0 fully saturated rings. The molecule has 0 unspecified atom stereocenters. The van der Waals surface area contributed by atoms with E-state index in [2.05, 4.69) is 15.5 Å². The van der Waals surface area contributed by atoms with Gasteiger partial charge in [-0.15, -0.1) is 11.3 Å². The summed E-state index contributed by atoms with van der Waals surface area (Å²) < 4.78 is 22.9. The molecule has 0 aliphatic carbocycles. The number of carbonyl (C=O) groups excluding carboxylic acids is 2. The lowest BCUT2D eigenvalue weighted by molar-refractivity contribution is -0.119. The Morgan fingerprint density at radius 1 is 1.27 bits per heavy atom. The van der Waals surface area contributed by atoms with Gasteiger partial charge in [-0.25, -0.2) is 14.2 Å². The molecule has 0 saturated heterocycles. The fourth-order valence-electron chi connectivity index (χ4n) is 2.09. The summed E-state index contributed by atoms with van der Waals surface area (Å²) in [4.78, 5) is 28.6. The van der Waals surface area contributed by atoms with Crippen molar-refractivity contribution in [1.82, 2.24) is 10.1 Å². The van der Waals surface area contributed by atoms with E-state index in [9.17, 15) is 14.0 Å². The Bertz CT molecular complexity index is 949. The molecule has 3 aromatic rings. The van der Waals surface area contributed by atoms with E-state index in [0.29, 0.717) is 22.0 Å². The number of halogens is 1. The summed E-state index contributed by atoms with van der Waals surface area (Å²) in [6, 6.07) is 7.34. The standard InChI is InChI=1S/C17H14FN3O4S/c1-9-7-14(25-21-9)20-13(22)8-24-17(23)15-10(2)19-16(26-15)11-3-5-12(18)6-4-11/h3-7H,8H2,1-2H3,(H,20,22). The van der Waals surface area contributed by atoms with E-state index in [-0.39, 0.29) is 16.6 Å². The van der Waals surface area contributed by atoms with Crippen LogP contribution in [0.1, 0.15) is 21.1 Å². The lowest BCUT2D eigenvalue weighted by Crippen LogP contribution is -2.20. The van der Waals surface area contributed by atoms with Gasteiger partial charge in [0.25, 0.3) is 5.91 Å². The predicted octanol–water partition coefficient (Wildman–Crippen LogP) is 3.35. The van der Waals surface area contributed by atoms with E-state index in [0.717, 1.165) is 11.3 Å². The van der Waals surface area contributed by atoms with Crippen LogP contribution >= 0.6 is 11.3 Å². The van der Waals surface area contributed by atoms with E-state index in [1.807, 2.05) is 0 Å². The Hall–Kier alpha value is -3.07. The van der Waals surface area contributed by atoms with Gasteiger partial charge in [-0.2, -0.15) is 0 Å². The third kappa shape index (κ3) is 4.12. The molecule has 2 aromatic heterocycles. The number of benzene rings is 1. The normalized spacial score (nSPS) is 10.6. The number of hydrogen-bond donors (Lipinski definition) is 1. The molecule has 0 aliphatic heterocycles. The maximum atomic E-state index is 13.0. The number of esters is 1. The minimum absolute atomic E-state index is 0.177. The lowest BCUT2D eigenvalue weighted by Gasteiger charge is -2.03. The highest BCUT2D eigenvalue weighted by molar-refractivity contribution is 7.17. The Balaban J connectivity index is 1.62. The molecule has 1 N–H and O–H groups in total.